The van der Waals surface area contributed by atoms with E-state index in [2.05, 4.69) is 14.7 Å². The number of ether oxygens (including phenoxy) is 1. The number of benzene rings is 2. The summed E-state index contributed by atoms with van der Waals surface area (Å²) in [5, 5.41) is 10.8. The van der Waals surface area contributed by atoms with E-state index in [1.165, 1.54) is 4.31 Å². The van der Waals surface area contributed by atoms with Crippen LogP contribution in [0.1, 0.15) is 22.3 Å². The minimum Gasteiger partial charge on any atom is -0.487 e. The molecular weight excluding hydrogens is 592 g/mol. The summed E-state index contributed by atoms with van der Waals surface area (Å²) < 4.78 is 36.9. The molecule has 1 aliphatic rings. The van der Waals surface area contributed by atoms with E-state index < -0.39 is 27.5 Å². The van der Waals surface area contributed by atoms with E-state index >= 15 is 0 Å². The largest absolute Gasteiger partial charge is 0.487 e. The van der Waals surface area contributed by atoms with Gasteiger partial charge in [-0.15, -0.1) is 4.40 Å². The Bertz CT molecular complexity index is 1530. The first-order valence-corrected chi connectivity index (χ1v) is 15.9. The molecule has 0 saturated carbocycles. The van der Waals surface area contributed by atoms with Gasteiger partial charge in [0.2, 0.25) is 0 Å². The highest BCUT2D eigenvalue weighted by Gasteiger charge is 2.28. The van der Waals surface area contributed by atoms with Gasteiger partial charge in [0.25, 0.3) is 5.91 Å². The third-order valence-electron chi connectivity index (χ3n) is 6.76. The predicted octanol–water partition coefficient (Wildman–Crippen LogP) is 3.08. The number of hydrogen-bond donors (Lipinski definition) is 3. The molecule has 2 heterocycles. The second-order valence-corrected chi connectivity index (χ2v) is 12.5. The molecule has 0 radical (unpaired) electrons. The Labute approximate surface area is 255 Å². The fraction of sp³-hybridized carbons (Fsp3) is 0.310. The molecule has 0 aliphatic carbocycles. The molecule has 0 bridgehead atoms. The van der Waals surface area contributed by atoms with Crippen LogP contribution in [0.15, 0.2) is 77.5 Å². The molecule has 1 fully saturated rings. The molecule has 1 aliphatic heterocycles. The number of carbonyl (C=O) groups excluding carboxylic acids is 1. The predicted molar refractivity (Wildman–Crippen MR) is 166 cm³/mol. The number of hydrogen-bond acceptors (Lipinski definition) is 8. The normalized spacial score (nSPS) is 15.5. The number of nitrogens with two attached hydrogens (primary N) is 1. The van der Waals surface area contributed by atoms with E-state index in [4.69, 9.17) is 15.6 Å². The van der Waals surface area contributed by atoms with Crippen molar-refractivity contribution in [3.63, 3.8) is 0 Å². The molecule has 4 rings (SSSR count). The summed E-state index contributed by atoms with van der Waals surface area (Å²) in [5.74, 6) is -0.157. The number of amides is 1. The van der Waals surface area contributed by atoms with Crippen molar-refractivity contribution >= 4 is 39.0 Å². The fourth-order valence-electron chi connectivity index (χ4n) is 4.40. The van der Waals surface area contributed by atoms with Crippen molar-refractivity contribution in [2.75, 3.05) is 39.0 Å². The van der Waals surface area contributed by atoms with Gasteiger partial charge in [-0.2, -0.15) is 12.7 Å². The number of carboxylic acid groups (broad SMARTS) is 1. The molecule has 3 aromatic rings. The Morgan fingerprint density at radius 1 is 1.12 bits per heavy atom. The van der Waals surface area contributed by atoms with Crippen LogP contribution in [0.5, 0.6) is 5.75 Å². The summed E-state index contributed by atoms with van der Waals surface area (Å²) in [6.45, 7) is 1.87. The van der Waals surface area contributed by atoms with Gasteiger partial charge in [0.1, 0.15) is 18.2 Å². The lowest BCUT2D eigenvalue weighted by atomic mass is 9.96. The molecule has 228 valence electrons. The lowest BCUT2D eigenvalue weighted by Gasteiger charge is -2.30. The van der Waals surface area contributed by atoms with Gasteiger partial charge in [-0.05, 0) is 66.2 Å². The van der Waals surface area contributed by atoms with E-state index in [9.17, 15) is 18.0 Å². The second-order valence-electron chi connectivity index (χ2n) is 9.85. The first-order valence-electron chi connectivity index (χ1n) is 13.5. The highest BCUT2D eigenvalue weighted by Crippen LogP contribution is 2.26. The van der Waals surface area contributed by atoms with Crippen LogP contribution in [0.25, 0.3) is 11.1 Å². The highest BCUT2D eigenvalue weighted by molar-refractivity contribution is 8.13. The number of piperazine rings is 1. The topological polar surface area (TPSA) is 168 Å². The number of amidine groups is 1. The minimum absolute atomic E-state index is 0.0496. The zero-order chi connectivity index (χ0) is 30.8. The van der Waals surface area contributed by atoms with E-state index in [1.807, 2.05) is 48.3 Å². The number of thioether (sulfide) groups is 1. The van der Waals surface area contributed by atoms with Crippen LogP contribution in [0.2, 0.25) is 0 Å². The molecule has 0 unspecified atom stereocenters. The quantitative estimate of drug-likeness (QED) is 0.201. The maximum absolute atomic E-state index is 13.7. The molecule has 43 heavy (non-hydrogen) atoms. The van der Waals surface area contributed by atoms with Crippen molar-refractivity contribution in [3.05, 3.63) is 84.2 Å². The summed E-state index contributed by atoms with van der Waals surface area (Å²) in [7, 11) is -2.20. The van der Waals surface area contributed by atoms with Gasteiger partial charge >= 0.3 is 15.5 Å². The van der Waals surface area contributed by atoms with Crippen LogP contribution < -0.4 is 15.8 Å². The van der Waals surface area contributed by atoms with Crippen molar-refractivity contribution in [1.29, 1.82) is 0 Å². The van der Waals surface area contributed by atoms with Crippen molar-refractivity contribution < 1.29 is 27.9 Å². The average Bonchev–Trinajstić information content (AvgIpc) is 3.00. The van der Waals surface area contributed by atoms with Gasteiger partial charge in [-0.3, -0.25) is 9.78 Å². The average molecular weight is 627 g/mol. The number of aromatic nitrogens is 1. The maximum Gasteiger partial charge on any atom is 0.364 e. The van der Waals surface area contributed by atoms with Gasteiger partial charge in [0.05, 0.1) is 12.2 Å². The van der Waals surface area contributed by atoms with Crippen molar-refractivity contribution in [2.45, 2.75) is 19.1 Å². The second kappa shape index (κ2) is 15.0. The van der Waals surface area contributed by atoms with Crippen LogP contribution >= 0.6 is 11.8 Å². The maximum atomic E-state index is 13.7. The Morgan fingerprint density at radius 2 is 1.86 bits per heavy atom. The number of pyridine rings is 1. The molecule has 0 spiro atoms. The van der Waals surface area contributed by atoms with E-state index in [0.29, 0.717) is 41.7 Å². The number of likely N-dealkylation sites (N-methyl/N-ethyl adjacent to an activating group) is 1. The van der Waals surface area contributed by atoms with Gasteiger partial charge in [-0.1, -0.05) is 36.4 Å². The number of carbonyl (C=O) groups is 2. The Hall–Kier alpha value is -3.98. The summed E-state index contributed by atoms with van der Waals surface area (Å²) >= 11 is 0.623. The summed E-state index contributed by atoms with van der Waals surface area (Å²) in [6.07, 6.45) is 3.31. The van der Waals surface area contributed by atoms with E-state index in [-0.39, 0.29) is 37.7 Å². The van der Waals surface area contributed by atoms with Crippen molar-refractivity contribution in [1.82, 2.24) is 19.5 Å². The number of rotatable bonds is 12. The van der Waals surface area contributed by atoms with Crippen LogP contribution in [-0.4, -0.2) is 89.8 Å². The van der Waals surface area contributed by atoms with Gasteiger partial charge in [0, 0.05) is 43.7 Å². The Balaban J connectivity index is 1.59. The highest BCUT2D eigenvalue weighted by atomic mass is 32.2. The molecule has 1 saturated heterocycles. The van der Waals surface area contributed by atoms with E-state index in [1.54, 1.807) is 36.7 Å². The fourth-order valence-corrected chi connectivity index (χ4v) is 6.06. The minimum atomic E-state index is -4.10. The Kier molecular flexibility index (Phi) is 11.1. The van der Waals surface area contributed by atoms with Gasteiger partial charge in [0.15, 0.2) is 0 Å². The zero-order valence-electron chi connectivity index (χ0n) is 23.6. The standard InChI is InChI=1S/C29H34N6O6S2/c1-34-13-15-35(16-14-34)43(39,40)33-27(30)26(11-17-42-29(37)38)32-28(36)24-10-9-21(20-41-23-8-5-12-31-19-23)18-25(24)22-6-3-2-4-7-22/h2-10,12,18-19,26H,11,13-17,20H2,1H3,(H2,30,33)(H,32,36)(H,37,38)/t26-/m0/s1. The lowest BCUT2D eigenvalue weighted by Crippen LogP contribution is -2.49. The Morgan fingerprint density at radius 3 is 2.53 bits per heavy atom. The van der Waals surface area contributed by atoms with E-state index in [0.717, 1.165) is 11.1 Å². The van der Waals surface area contributed by atoms with Crippen LogP contribution in [0.4, 0.5) is 4.79 Å². The monoisotopic (exact) mass is 626 g/mol. The summed E-state index contributed by atoms with van der Waals surface area (Å²) in [5.41, 5.74) is 8.74. The molecule has 12 nitrogen and oxygen atoms in total. The van der Waals surface area contributed by atoms with Crippen LogP contribution in [0, 0.1) is 0 Å². The molecular formula is C29H34N6O6S2. The van der Waals surface area contributed by atoms with Gasteiger partial charge in [-0.25, -0.2) is 4.79 Å². The van der Waals surface area contributed by atoms with Gasteiger partial charge < -0.3 is 25.8 Å². The molecule has 1 aromatic heterocycles. The first kappa shape index (κ1) is 31.9. The summed E-state index contributed by atoms with van der Waals surface area (Å²) in [4.78, 5) is 30.9. The number of nitrogens with zero attached hydrogens (tertiary/aromatic N) is 4. The molecule has 1 amide bonds. The number of nitrogens with one attached hydrogen (secondary N) is 1. The van der Waals surface area contributed by atoms with Crippen molar-refractivity contribution in [2.24, 2.45) is 10.1 Å². The summed E-state index contributed by atoms with van der Waals surface area (Å²) in [6, 6.07) is 17.1. The first-order chi connectivity index (χ1) is 20.6. The molecule has 4 N–H and O–H groups in total. The third kappa shape index (κ3) is 9.25. The smallest absolute Gasteiger partial charge is 0.364 e. The lowest BCUT2D eigenvalue weighted by molar-refractivity contribution is 0.0946. The molecule has 14 heteroatoms. The third-order valence-corrected chi connectivity index (χ3v) is 8.90. The van der Waals surface area contributed by atoms with Crippen LogP contribution in [-0.2, 0) is 16.8 Å². The van der Waals surface area contributed by atoms with Crippen molar-refractivity contribution in [3.8, 4) is 16.9 Å². The zero-order valence-corrected chi connectivity index (χ0v) is 25.3. The van der Waals surface area contributed by atoms with Crippen LogP contribution in [0.3, 0.4) is 0 Å². The molecule has 2 aromatic carbocycles. The SMILES string of the molecule is CN1CCN(S(=O)(=O)N=C(N)[C@H](CCSC(=O)O)NC(=O)c2ccc(COc3cccnc3)cc2-c2ccccc2)CC1. The molecule has 1 atom stereocenters.